The first kappa shape index (κ1) is 18.4. The van der Waals surface area contributed by atoms with Crippen molar-refractivity contribution < 1.29 is 9.53 Å². The van der Waals surface area contributed by atoms with Gasteiger partial charge in [0.25, 0.3) is 0 Å². The SMILES string of the molecule is CCCCCCCC(=O)NCCCOC1CCC(N)CC1. The van der Waals surface area contributed by atoms with Crippen molar-refractivity contribution in [3.05, 3.63) is 0 Å². The molecule has 1 amide bonds. The largest absolute Gasteiger partial charge is 0.378 e. The van der Waals surface area contributed by atoms with Gasteiger partial charge in [-0.1, -0.05) is 32.6 Å². The van der Waals surface area contributed by atoms with E-state index in [2.05, 4.69) is 12.2 Å². The Morgan fingerprint density at radius 1 is 1.10 bits per heavy atom. The molecule has 0 bridgehead atoms. The molecule has 1 fully saturated rings. The van der Waals surface area contributed by atoms with Crippen LogP contribution in [0.5, 0.6) is 0 Å². The van der Waals surface area contributed by atoms with Gasteiger partial charge in [0.05, 0.1) is 6.10 Å². The maximum absolute atomic E-state index is 11.6. The maximum Gasteiger partial charge on any atom is 0.219 e. The van der Waals surface area contributed by atoms with E-state index in [1.165, 1.54) is 25.7 Å². The number of nitrogens with two attached hydrogens (primary N) is 1. The van der Waals surface area contributed by atoms with E-state index in [0.717, 1.165) is 51.7 Å². The van der Waals surface area contributed by atoms with Gasteiger partial charge in [0.2, 0.25) is 5.91 Å². The van der Waals surface area contributed by atoms with Gasteiger partial charge in [-0.15, -0.1) is 0 Å². The van der Waals surface area contributed by atoms with Crippen molar-refractivity contribution in [2.24, 2.45) is 5.73 Å². The average molecular weight is 298 g/mol. The Balaban J connectivity index is 1.86. The molecule has 1 aliphatic rings. The summed E-state index contributed by atoms with van der Waals surface area (Å²) in [6.07, 6.45) is 12.3. The van der Waals surface area contributed by atoms with Gasteiger partial charge in [0.15, 0.2) is 0 Å². The van der Waals surface area contributed by atoms with E-state index in [4.69, 9.17) is 10.5 Å². The third kappa shape index (κ3) is 9.86. The Hall–Kier alpha value is -0.610. The molecule has 4 nitrogen and oxygen atoms in total. The van der Waals surface area contributed by atoms with Crippen LogP contribution in [-0.4, -0.2) is 31.2 Å². The molecule has 0 radical (unpaired) electrons. The fourth-order valence-electron chi connectivity index (χ4n) is 2.78. The predicted molar refractivity (Wildman–Crippen MR) is 87.2 cm³/mol. The van der Waals surface area contributed by atoms with Gasteiger partial charge in [-0.2, -0.15) is 0 Å². The highest BCUT2D eigenvalue weighted by atomic mass is 16.5. The average Bonchev–Trinajstić information content (AvgIpc) is 2.48. The molecule has 124 valence electrons. The van der Waals surface area contributed by atoms with E-state index < -0.39 is 0 Å². The third-order valence-corrected chi connectivity index (χ3v) is 4.22. The topological polar surface area (TPSA) is 64.3 Å². The minimum Gasteiger partial charge on any atom is -0.378 e. The number of hydrogen-bond donors (Lipinski definition) is 2. The standard InChI is InChI=1S/C17H34N2O2/c1-2-3-4-5-6-8-17(20)19-13-7-14-21-16-11-9-15(18)10-12-16/h15-16H,2-14,18H2,1H3,(H,19,20). The van der Waals surface area contributed by atoms with Crippen molar-refractivity contribution in [1.29, 1.82) is 0 Å². The third-order valence-electron chi connectivity index (χ3n) is 4.22. The van der Waals surface area contributed by atoms with Crippen molar-refractivity contribution >= 4 is 5.91 Å². The molecule has 3 N–H and O–H groups in total. The molecule has 0 heterocycles. The molecule has 0 aromatic carbocycles. The molecule has 0 spiro atoms. The van der Waals surface area contributed by atoms with Crippen LogP contribution < -0.4 is 11.1 Å². The van der Waals surface area contributed by atoms with Gasteiger partial charge >= 0.3 is 0 Å². The second-order valence-corrected chi connectivity index (χ2v) is 6.28. The van der Waals surface area contributed by atoms with E-state index in [1.807, 2.05) is 0 Å². The fraction of sp³-hybridized carbons (Fsp3) is 0.941. The lowest BCUT2D eigenvalue weighted by molar-refractivity contribution is -0.121. The Kier molecular flexibility index (Phi) is 10.5. The highest BCUT2D eigenvalue weighted by Crippen LogP contribution is 2.19. The van der Waals surface area contributed by atoms with Crippen LogP contribution in [0.3, 0.4) is 0 Å². The van der Waals surface area contributed by atoms with Crippen LogP contribution in [0.25, 0.3) is 0 Å². The van der Waals surface area contributed by atoms with Crippen molar-refractivity contribution in [1.82, 2.24) is 5.32 Å². The molecule has 0 aliphatic heterocycles. The zero-order chi connectivity index (χ0) is 15.3. The molecular formula is C17H34N2O2. The summed E-state index contributed by atoms with van der Waals surface area (Å²) >= 11 is 0. The van der Waals surface area contributed by atoms with Crippen LogP contribution in [0.4, 0.5) is 0 Å². The summed E-state index contributed by atoms with van der Waals surface area (Å²) in [6.45, 7) is 3.69. The summed E-state index contributed by atoms with van der Waals surface area (Å²) in [5, 5.41) is 2.98. The molecule has 0 atom stereocenters. The molecule has 1 saturated carbocycles. The first-order valence-corrected chi connectivity index (χ1v) is 8.86. The van der Waals surface area contributed by atoms with Crippen LogP contribution in [-0.2, 0) is 9.53 Å². The highest BCUT2D eigenvalue weighted by molar-refractivity contribution is 5.75. The monoisotopic (exact) mass is 298 g/mol. The van der Waals surface area contributed by atoms with Gasteiger partial charge < -0.3 is 15.8 Å². The van der Waals surface area contributed by atoms with Crippen molar-refractivity contribution in [2.45, 2.75) is 89.7 Å². The highest BCUT2D eigenvalue weighted by Gasteiger charge is 2.18. The normalized spacial score (nSPS) is 22.2. The van der Waals surface area contributed by atoms with Crippen molar-refractivity contribution in [3.63, 3.8) is 0 Å². The Morgan fingerprint density at radius 3 is 2.52 bits per heavy atom. The quantitative estimate of drug-likeness (QED) is 0.576. The van der Waals surface area contributed by atoms with Gasteiger partial charge in [0.1, 0.15) is 0 Å². The van der Waals surface area contributed by atoms with Crippen molar-refractivity contribution in [2.75, 3.05) is 13.2 Å². The van der Waals surface area contributed by atoms with E-state index in [9.17, 15) is 4.79 Å². The number of ether oxygens (including phenoxy) is 1. The molecule has 0 unspecified atom stereocenters. The molecule has 0 aromatic rings. The lowest BCUT2D eigenvalue weighted by Crippen LogP contribution is -2.31. The summed E-state index contributed by atoms with van der Waals surface area (Å²) in [5.41, 5.74) is 5.87. The molecule has 0 aromatic heterocycles. The van der Waals surface area contributed by atoms with Gasteiger partial charge in [-0.3, -0.25) is 4.79 Å². The molecule has 4 heteroatoms. The Bertz CT molecular complexity index is 264. The Labute approximate surface area is 130 Å². The van der Waals surface area contributed by atoms with Crippen molar-refractivity contribution in [3.8, 4) is 0 Å². The predicted octanol–water partition coefficient (Wildman–Crippen LogP) is 3.14. The fourth-order valence-corrected chi connectivity index (χ4v) is 2.78. The summed E-state index contributed by atoms with van der Waals surface area (Å²) in [6, 6.07) is 0.376. The number of hydrogen-bond acceptors (Lipinski definition) is 3. The second-order valence-electron chi connectivity index (χ2n) is 6.28. The van der Waals surface area contributed by atoms with Crippen LogP contribution >= 0.6 is 0 Å². The minimum atomic E-state index is 0.190. The maximum atomic E-state index is 11.6. The van der Waals surface area contributed by atoms with Crippen LogP contribution in [0.15, 0.2) is 0 Å². The number of carbonyl (C=O) groups excluding carboxylic acids is 1. The number of unbranched alkanes of at least 4 members (excludes halogenated alkanes) is 4. The van der Waals surface area contributed by atoms with Gasteiger partial charge in [-0.25, -0.2) is 0 Å². The second kappa shape index (κ2) is 12.0. The lowest BCUT2D eigenvalue weighted by Gasteiger charge is -2.26. The smallest absolute Gasteiger partial charge is 0.219 e. The summed E-state index contributed by atoms with van der Waals surface area (Å²) in [5.74, 6) is 0.190. The number of rotatable bonds is 11. The zero-order valence-electron chi connectivity index (χ0n) is 13.7. The first-order chi connectivity index (χ1) is 10.2. The summed E-state index contributed by atoms with van der Waals surface area (Å²) < 4.78 is 5.83. The van der Waals surface area contributed by atoms with Crippen LogP contribution in [0, 0.1) is 0 Å². The van der Waals surface area contributed by atoms with Gasteiger partial charge in [-0.05, 0) is 38.5 Å². The van der Waals surface area contributed by atoms with Gasteiger partial charge in [0, 0.05) is 25.6 Å². The molecule has 0 saturated heterocycles. The Morgan fingerprint density at radius 2 is 1.81 bits per heavy atom. The van der Waals surface area contributed by atoms with Crippen LogP contribution in [0.2, 0.25) is 0 Å². The van der Waals surface area contributed by atoms with E-state index >= 15 is 0 Å². The zero-order valence-corrected chi connectivity index (χ0v) is 13.7. The minimum absolute atomic E-state index is 0.190. The number of carbonyl (C=O) groups is 1. The first-order valence-electron chi connectivity index (χ1n) is 8.86. The summed E-state index contributed by atoms with van der Waals surface area (Å²) in [4.78, 5) is 11.6. The molecular weight excluding hydrogens is 264 g/mol. The molecule has 21 heavy (non-hydrogen) atoms. The van der Waals surface area contributed by atoms with Crippen LogP contribution in [0.1, 0.15) is 77.6 Å². The lowest BCUT2D eigenvalue weighted by atomic mass is 9.94. The van der Waals surface area contributed by atoms with E-state index in [0.29, 0.717) is 18.6 Å². The molecule has 1 rings (SSSR count). The number of amides is 1. The van der Waals surface area contributed by atoms with E-state index in [1.54, 1.807) is 0 Å². The van der Waals surface area contributed by atoms with E-state index in [-0.39, 0.29) is 5.91 Å². The molecule has 1 aliphatic carbocycles. The number of nitrogens with one attached hydrogen (secondary N) is 1. The summed E-state index contributed by atoms with van der Waals surface area (Å²) in [7, 11) is 0.